The summed E-state index contributed by atoms with van der Waals surface area (Å²) in [6.07, 6.45) is 0. The van der Waals surface area contributed by atoms with E-state index in [-0.39, 0.29) is 241 Å². The van der Waals surface area contributed by atoms with Gasteiger partial charge in [0, 0.05) is 43.9 Å². The van der Waals surface area contributed by atoms with Gasteiger partial charge in [-0.25, -0.2) is 9.97 Å². The van der Waals surface area contributed by atoms with Crippen molar-refractivity contribution in [3.8, 4) is 34.0 Å². The van der Waals surface area contributed by atoms with Gasteiger partial charge in [0.15, 0.2) is 0 Å². The van der Waals surface area contributed by atoms with Gasteiger partial charge < -0.3 is 4.57 Å². The van der Waals surface area contributed by atoms with Crippen molar-refractivity contribution in [2.75, 3.05) is 0 Å². The quantitative estimate of drug-likeness (QED) is 0.165. The number of hydrogen-bond acceptors (Lipinski definition) is 2. The van der Waals surface area contributed by atoms with Gasteiger partial charge in [-0.2, -0.15) is 0 Å². The first-order valence-corrected chi connectivity index (χ1v) is 22.1. The van der Waals surface area contributed by atoms with E-state index in [1.54, 1.807) is 0 Å². The smallest absolute Gasteiger partial charge is 0.235 e. The Bertz CT molecular complexity index is 4390. The van der Waals surface area contributed by atoms with E-state index in [0.29, 0.717) is 0 Å². The third-order valence-electron chi connectivity index (χ3n) is 14.4. The summed E-state index contributed by atoms with van der Waals surface area (Å²) in [4.78, 5) is 9.85. The van der Waals surface area contributed by atoms with E-state index in [2.05, 4.69) is 0 Å². The maximum atomic E-state index is 7.38. The number of aromatic nitrogens is 4. The highest BCUT2D eigenvalue weighted by Crippen LogP contribution is 2.32. The molecule has 0 aliphatic rings. The SMILES string of the molecule is [B]c1c([B])c([B])c(-c2nc(-n3c4c([B])c([B])c([B])c([B])c4c4c([B])c(-c5c([B])c([B])c6c(c5[B])c5c([B])c([B])c([B])c([B])c5n6-c5c([B])c([B])c([B])c([B])c5[B])c([B])c([B])c43)nc3c([B])c([B])c([B])c([B])c23)c([B])c1[B]. The Morgan fingerprint density at radius 1 is 0.197 bits per heavy atom. The van der Waals surface area contributed by atoms with E-state index < -0.39 is 0 Å². The molecule has 0 aliphatic carbocycles. The molecule has 0 saturated heterocycles. The van der Waals surface area contributed by atoms with Crippen LogP contribution in [-0.2, 0) is 0 Å². The van der Waals surface area contributed by atoms with E-state index in [1.165, 1.54) is 9.13 Å². The second kappa shape index (κ2) is 18.4. The molecule has 0 atom stereocenters. The van der Waals surface area contributed by atoms with Crippen LogP contribution in [-0.4, -0.2) is 239 Å². The second-order valence-electron chi connectivity index (χ2n) is 18.2. The second-order valence-corrected chi connectivity index (χ2v) is 18.2. The molecule has 0 amide bonds. The van der Waals surface area contributed by atoms with E-state index in [9.17, 15) is 0 Å². The summed E-state index contributed by atoms with van der Waals surface area (Å²) in [6.45, 7) is 0. The van der Waals surface area contributed by atoms with Crippen LogP contribution in [0, 0.1) is 0 Å². The van der Waals surface area contributed by atoms with Crippen LogP contribution in [0.1, 0.15) is 0 Å². The largest absolute Gasteiger partial charge is 0.312 e. The lowest BCUT2D eigenvalue weighted by Crippen LogP contribution is -2.56. The fourth-order valence-corrected chi connectivity index (χ4v) is 10.3. The van der Waals surface area contributed by atoms with Crippen LogP contribution in [0.4, 0.5) is 0 Å². The van der Waals surface area contributed by atoms with E-state index in [1.807, 2.05) is 0 Å². The third-order valence-corrected chi connectivity index (χ3v) is 14.4. The van der Waals surface area contributed by atoms with Crippen LogP contribution < -0.4 is 153 Å². The summed E-state index contributed by atoms with van der Waals surface area (Å²) in [6, 6.07) is 0. The van der Waals surface area contributed by atoms with Crippen molar-refractivity contribution in [3.63, 3.8) is 0 Å². The lowest BCUT2D eigenvalue weighted by atomic mass is 9.59. The Morgan fingerprint density at radius 2 is 0.461 bits per heavy atom. The van der Waals surface area contributed by atoms with Crippen molar-refractivity contribution in [3.05, 3.63) is 0 Å². The average molecular weight is 887 g/mol. The minimum atomic E-state index is -0.302. The number of fused-ring (bicyclic) bond motifs is 7. The predicted octanol–water partition coefficient (Wildman–Crippen LogP) is -22.6. The molecular formula is C44B28N4. The van der Waals surface area contributed by atoms with Gasteiger partial charge in [-0.3, -0.25) is 4.57 Å². The Morgan fingerprint density at radius 3 is 0.855 bits per heavy atom. The molecule has 3 heterocycles. The fourth-order valence-electron chi connectivity index (χ4n) is 10.3. The van der Waals surface area contributed by atoms with Gasteiger partial charge in [0.2, 0.25) is 5.95 Å². The zero-order chi connectivity index (χ0) is 56.0. The summed E-state index contributed by atoms with van der Waals surface area (Å²) in [5.41, 5.74) is -4.78. The molecule has 76 heavy (non-hydrogen) atoms. The first kappa shape index (κ1) is 54.6. The minimum absolute atomic E-state index is 0.0146. The topological polar surface area (TPSA) is 35.6 Å². The van der Waals surface area contributed by atoms with Crippen molar-refractivity contribution in [2.45, 2.75) is 0 Å². The summed E-state index contributed by atoms with van der Waals surface area (Å²) in [5, 5.41) is 0.250. The highest BCUT2D eigenvalue weighted by atomic mass is 15.2. The molecule has 32 heteroatoms. The predicted molar refractivity (Wildman–Crippen MR) is 350 cm³/mol. The Labute approximate surface area is 477 Å². The molecule has 56 radical (unpaired) electrons. The number of hydrogen-bond donors (Lipinski definition) is 0. The molecule has 10 aromatic rings. The number of benzene rings is 7. The summed E-state index contributed by atoms with van der Waals surface area (Å²) in [5.74, 6) is -0.302. The van der Waals surface area contributed by atoms with Gasteiger partial charge in [-0.1, -0.05) is 87.4 Å². The molecule has 0 unspecified atom stereocenters. The monoisotopic (exact) mass is 892 g/mol. The van der Waals surface area contributed by atoms with Crippen LogP contribution in [0.3, 0.4) is 0 Å². The molecular weight excluding hydrogens is 887 g/mol. The van der Waals surface area contributed by atoms with Crippen molar-refractivity contribution >= 4 is 427 Å². The molecule has 0 fully saturated rings. The van der Waals surface area contributed by atoms with E-state index in [4.69, 9.17) is 230 Å². The summed E-state index contributed by atoms with van der Waals surface area (Å²) in [7, 11) is 188. The molecule has 280 valence electrons. The van der Waals surface area contributed by atoms with Crippen LogP contribution in [0.15, 0.2) is 0 Å². The number of rotatable bonds is 4. The molecule has 0 N–H and O–H groups in total. The summed E-state index contributed by atoms with van der Waals surface area (Å²) >= 11 is 0. The van der Waals surface area contributed by atoms with Crippen LogP contribution in [0.25, 0.3) is 88.5 Å². The lowest BCUT2D eigenvalue weighted by Gasteiger charge is -2.27. The zero-order valence-electron chi connectivity index (χ0n) is 40.0. The number of nitrogens with zero attached hydrogens (tertiary/aromatic N) is 4. The first-order valence-electron chi connectivity index (χ1n) is 22.1. The van der Waals surface area contributed by atoms with E-state index in [0.717, 1.165) is 0 Å². The lowest BCUT2D eigenvalue weighted by molar-refractivity contribution is 1.02. The van der Waals surface area contributed by atoms with Crippen molar-refractivity contribution in [2.24, 2.45) is 0 Å². The van der Waals surface area contributed by atoms with Gasteiger partial charge >= 0.3 is 0 Å². The molecule has 7 aromatic carbocycles. The van der Waals surface area contributed by atoms with Crippen LogP contribution >= 0.6 is 0 Å². The maximum absolute atomic E-state index is 7.38. The van der Waals surface area contributed by atoms with Gasteiger partial charge in [-0.05, 0) is 27.5 Å². The van der Waals surface area contributed by atoms with Gasteiger partial charge in [0.25, 0.3) is 0 Å². The van der Waals surface area contributed by atoms with Gasteiger partial charge in [0.05, 0.1) is 11.2 Å². The first-order chi connectivity index (χ1) is 35.5. The van der Waals surface area contributed by atoms with Gasteiger partial charge in [-0.15, -0.1) is 65.6 Å². The Balaban J connectivity index is 1.42. The fraction of sp³-hybridized carbons (Fsp3) is 0. The third kappa shape index (κ3) is 6.97. The minimum Gasteiger partial charge on any atom is -0.312 e. The Kier molecular flexibility index (Phi) is 13.3. The molecule has 3 aromatic heterocycles. The maximum Gasteiger partial charge on any atom is 0.235 e. The molecule has 0 saturated carbocycles. The molecule has 10 rings (SSSR count). The highest BCUT2D eigenvalue weighted by Gasteiger charge is 2.31. The molecule has 0 aliphatic heterocycles. The van der Waals surface area contributed by atoms with Crippen LogP contribution in [0.2, 0.25) is 0 Å². The molecule has 0 spiro atoms. The normalized spacial score (nSPS) is 11.8. The average Bonchev–Trinajstić information content (AvgIpc) is 4.00. The van der Waals surface area contributed by atoms with Crippen LogP contribution in [0.5, 0.6) is 0 Å². The van der Waals surface area contributed by atoms with Crippen molar-refractivity contribution < 1.29 is 0 Å². The van der Waals surface area contributed by atoms with Crippen molar-refractivity contribution in [1.82, 2.24) is 19.1 Å². The van der Waals surface area contributed by atoms with E-state index >= 15 is 0 Å². The Hall–Kier alpha value is -4.70. The highest BCUT2D eigenvalue weighted by molar-refractivity contribution is 6.75. The van der Waals surface area contributed by atoms with Gasteiger partial charge in [0.1, 0.15) is 220 Å². The standard InChI is InChI=1S/C44B28N4/c45-9-1(11(47)31(67)39-3(9)5-13(49)18(54)26(62)33(69)40(5)75(39)43-35(71)28(64)24(60)29(65)36(43)72)2-10(46)4-6-14(50)19(55)27(63)34(70)42(6)76(41(4)32(68)12(2)48)44-73-37(7-15(51)20(56)23(59)21(57)16(7)52)8-17(53)22(58)25(61)30(66)38(8)74-44. The zero-order valence-corrected chi connectivity index (χ0v) is 40.0. The molecule has 4 nitrogen and oxygen atoms in total. The summed E-state index contributed by atoms with van der Waals surface area (Å²) < 4.78 is 2.74. The van der Waals surface area contributed by atoms with Crippen molar-refractivity contribution in [1.29, 1.82) is 0 Å². The molecule has 0 bridgehead atoms.